The molecule has 0 atom stereocenters. The van der Waals surface area contributed by atoms with Crippen molar-refractivity contribution in [2.75, 3.05) is 5.32 Å². The summed E-state index contributed by atoms with van der Waals surface area (Å²) in [6.45, 7) is 0. The largest absolute Gasteiger partial charge is 0.322 e. The van der Waals surface area contributed by atoms with Crippen LogP contribution in [0.1, 0.15) is 10.4 Å². The fourth-order valence-electron chi connectivity index (χ4n) is 1.44. The summed E-state index contributed by atoms with van der Waals surface area (Å²) in [5.41, 5.74) is 0.174. The van der Waals surface area contributed by atoms with Gasteiger partial charge in [0.15, 0.2) is 0 Å². The standard InChI is InChI=1S/C13H8BrF2NO/c14-8-4-5-12(16)11(6-8)13(18)17-10-3-1-2-9(15)7-10/h1-7H,(H,17,18). The van der Waals surface area contributed by atoms with Crippen molar-refractivity contribution in [1.29, 1.82) is 0 Å². The highest BCUT2D eigenvalue weighted by Gasteiger charge is 2.12. The lowest BCUT2D eigenvalue weighted by Gasteiger charge is -2.06. The van der Waals surface area contributed by atoms with Gasteiger partial charge >= 0.3 is 0 Å². The molecule has 0 spiro atoms. The number of nitrogens with one attached hydrogen (secondary N) is 1. The van der Waals surface area contributed by atoms with Crippen LogP contribution in [0.3, 0.4) is 0 Å². The van der Waals surface area contributed by atoms with Crippen LogP contribution in [0.25, 0.3) is 0 Å². The molecular weight excluding hydrogens is 304 g/mol. The van der Waals surface area contributed by atoms with Gasteiger partial charge in [-0.3, -0.25) is 4.79 Å². The van der Waals surface area contributed by atoms with Gasteiger partial charge in [0.2, 0.25) is 0 Å². The number of benzene rings is 2. The van der Waals surface area contributed by atoms with E-state index in [1.54, 1.807) is 0 Å². The second-order valence-corrected chi connectivity index (χ2v) is 4.50. The van der Waals surface area contributed by atoms with Gasteiger partial charge < -0.3 is 5.32 Å². The van der Waals surface area contributed by atoms with Crippen LogP contribution in [0, 0.1) is 11.6 Å². The molecule has 0 aromatic heterocycles. The summed E-state index contributed by atoms with van der Waals surface area (Å²) >= 11 is 3.15. The number of amides is 1. The van der Waals surface area contributed by atoms with E-state index in [1.165, 1.54) is 36.4 Å². The van der Waals surface area contributed by atoms with Crippen LogP contribution in [0.4, 0.5) is 14.5 Å². The molecule has 92 valence electrons. The van der Waals surface area contributed by atoms with E-state index in [-0.39, 0.29) is 11.3 Å². The van der Waals surface area contributed by atoms with E-state index >= 15 is 0 Å². The highest BCUT2D eigenvalue weighted by Crippen LogP contribution is 2.17. The maximum absolute atomic E-state index is 13.4. The Morgan fingerprint density at radius 2 is 1.89 bits per heavy atom. The molecule has 2 aromatic carbocycles. The van der Waals surface area contributed by atoms with Crippen molar-refractivity contribution in [3.63, 3.8) is 0 Å². The van der Waals surface area contributed by atoms with Gasteiger partial charge in [-0.2, -0.15) is 0 Å². The average molecular weight is 312 g/mol. The van der Waals surface area contributed by atoms with E-state index in [0.717, 1.165) is 6.07 Å². The first-order chi connectivity index (χ1) is 8.56. The first-order valence-electron chi connectivity index (χ1n) is 5.08. The van der Waals surface area contributed by atoms with E-state index < -0.39 is 17.5 Å². The molecule has 1 N–H and O–H groups in total. The lowest BCUT2D eigenvalue weighted by Crippen LogP contribution is -2.13. The Bertz CT molecular complexity index is 601. The first kappa shape index (κ1) is 12.7. The number of rotatable bonds is 2. The number of halogens is 3. The predicted octanol–water partition coefficient (Wildman–Crippen LogP) is 3.98. The molecular formula is C13H8BrF2NO. The molecule has 0 unspecified atom stereocenters. The SMILES string of the molecule is O=C(Nc1cccc(F)c1)c1cc(Br)ccc1F. The Morgan fingerprint density at radius 1 is 1.11 bits per heavy atom. The van der Waals surface area contributed by atoms with Crippen molar-refractivity contribution < 1.29 is 13.6 Å². The van der Waals surface area contributed by atoms with Gasteiger partial charge in [0.25, 0.3) is 5.91 Å². The Kier molecular flexibility index (Phi) is 3.72. The van der Waals surface area contributed by atoms with Gasteiger partial charge in [-0.15, -0.1) is 0 Å². The summed E-state index contributed by atoms with van der Waals surface area (Å²) in [4.78, 5) is 11.8. The highest BCUT2D eigenvalue weighted by atomic mass is 79.9. The third-order valence-electron chi connectivity index (χ3n) is 2.26. The minimum atomic E-state index is -0.632. The second kappa shape index (κ2) is 5.27. The van der Waals surface area contributed by atoms with Gasteiger partial charge in [-0.1, -0.05) is 22.0 Å². The number of anilines is 1. The van der Waals surface area contributed by atoms with Crippen molar-refractivity contribution in [2.45, 2.75) is 0 Å². The van der Waals surface area contributed by atoms with Crippen LogP contribution in [0.2, 0.25) is 0 Å². The molecule has 0 aliphatic heterocycles. The maximum Gasteiger partial charge on any atom is 0.258 e. The lowest BCUT2D eigenvalue weighted by molar-refractivity contribution is 0.102. The van der Waals surface area contributed by atoms with E-state index in [0.29, 0.717) is 4.47 Å². The highest BCUT2D eigenvalue weighted by molar-refractivity contribution is 9.10. The molecule has 2 nitrogen and oxygen atoms in total. The molecule has 2 aromatic rings. The van der Waals surface area contributed by atoms with Crippen molar-refractivity contribution in [3.8, 4) is 0 Å². The van der Waals surface area contributed by atoms with Crippen LogP contribution in [0.15, 0.2) is 46.9 Å². The van der Waals surface area contributed by atoms with Crippen LogP contribution in [-0.4, -0.2) is 5.91 Å². The van der Waals surface area contributed by atoms with Crippen molar-refractivity contribution in [3.05, 3.63) is 64.1 Å². The molecule has 2 rings (SSSR count). The minimum absolute atomic E-state index is 0.103. The first-order valence-corrected chi connectivity index (χ1v) is 5.87. The van der Waals surface area contributed by atoms with Crippen LogP contribution >= 0.6 is 15.9 Å². The number of carbonyl (C=O) groups excluding carboxylic acids is 1. The van der Waals surface area contributed by atoms with E-state index in [2.05, 4.69) is 21.2 Å². The summed E-state index contributed by atoms with van der Waals surface area (Å²) in [7, 11) is 0. The van der Waals surface area contributed by atoms with Gasteiger partial charge in [0.1, 0.15) is 11.6 Å². The third kappa shape index (κ3) is 2.92. The second-order valence-electron chi connectivity index (χ2n) is 3.59. The molecule has 0 aliphatic carbocycles. The molecule has 1 amide bonds. The summed E-state index contributed by atoms with van der Waals surface area (Å²) in [6.07, 6.45) is 0. The molecule has 0 saturated heterocycles. The number of hydrogen-bond donors (Lipinski definition) is 1. The number of carbonyl (C=O) groups is 1. The fraction of sp³-hybridized carbons (Fsp3) is 0. The van der Waals surface area contributed by atoms with Crippen molar-refractivity contribution in [2.24, 2.45) is 0 Å². The molecule has 5 heteroatoms. The smallest absolute Gasteiger partial charge is 0.258 e. The Morgan fingerprint density at radius 3 is 2.61 bits per heavy atom. The van der Waals surface area contributed by atoms with Crippen LogP contribution < -0.4 is 5.32 Å². The van der Waals surface area contributed by atoms with E-state index in [9.17, 15) is 13.6 Å². The predicted molar refractivity (Wildman–Crippen MR) is 68.5 cm³/mol. The zero-order chi connectivity index (χ0) is 13.1. The summed E-state index contributed by atoms with van der Waals surface area (Å²) in [5, 5.41) is 2.43. The average Bonchev–Trinajstić information content (AvgIpc) is 2.32. The third-order valence-corrected chi connectivity index (χ3v) is 2.75. The van der Waals surface area contributed by atoms with Crippen molar-refractivity contribution in [1.82, 2.24) is 0 Å². The van der Waals surface area contributed by atoms with Gasteiger partial charge in [0, 0.05) is 10.2 Å². The Hall–Kier alpha value is -1.75. The normalized spacial score (nSPS) is 10.2. The van der Waals surface area contributed by atoms with Crippen molar-refractivity contribution >= 4 is 27.5 Å². The van der Waals surface area contributed by atoms with Gasteiger partial charge in [-0.05, 0) is 36.4 Å². The van der Waals surface area contributed by atoms with Gasteiger partial charge in [-0.25, -0.2) is 8.78 Å². The van der Waals surface area contributed by atoms with E-state index in [4.69, 9.17) is 0 Å². The van der Waals surface area contributed by atoms with E-state index in [1.807, 2.05) is 0 Å². The molecule has 0 bridgehead atoms. The monoisotopic (exact) mass is 311 g/mol. The lowest BCUT2D eigenvalue weighted by atomic mass is 10.2. The zero-order valence-electron chi connectivity index (χ0n) is 9.08. The Balaban J connectivity index is 2.24. The number of hydrogen-bond acceptors (Lipinski definition) is 1. The topological polar surface area (TPSA) is 29.1 Å². The zero-order valence-corrected chi connectivity index (χ0v) is 10.7. The molecule has 0 aliphatic rings. The molecule has 18 heavy (non-hydrogen) atoms. The summed E-state index contributed by atoms with van der Waals surface area (Å²) < 4.78 is 27.0. The minimum Gasteiger partial charge on any atom is -0.322 e. The van der Waals surface area contributed by atoms with Crippen LogP contribution in [0.5, 0.6) is 0 Å². The molecule has 0 fully saturated rings. The Labute approximate surface area is 111 Å². The molecule has 0 saturated carbocycles. The van der Waals surface area contributed by atoms with Gasteiger partial charge in [0.05, 0.1) is 5.56 Å². The fourth-order valence-corrected chi connectivity index (χ4v) is 1.80. The van der Waals surface area contributed by atoms with Crippen LogP contribution in [-0.2, 0) is 0 Å². The summed E-state index contributed by atoms with van der Waals surface area (Å²) in [5.74, 6) is -1.73. The maximum atomic E-state index is 13.4. The molecule has 0 heterocycles. The quantitative estimate of drug-likeness (QED) is 0.893. The molecule has 0 radical (unpaired) electrons. The summed E-state index contributed by atoms with van der Waals surface area (Å²) in [6, 6.07) is 9.45.